The Morgan fingerprint density at radius 2 is 2.13 bits per heavy atom. The van der Waals surface area contributed by atoms with Gasteiger partial charge in [-0.25, -0.2) is 0 Å². The zero-order chi connectivity index (χ0) is 16.1. The van der Waals surface area contributed by atoms with Crippen LogP contribution in [-0.2, 0) is 11.2 Å². The van der Waals surface area contributed by atoms with Gasteiger partial charge in [-0.3, -0.25) is 4.79 Å². The zero-order valence-electron chi connectivity index (χ0n) is 12.9. The summed E-state index contributed by atoms with van der Waals surface area (Å²) in [5.74, 6) is 1.08. The molecule has 1 aliphatic heterocycles. The van der Waals surface area contributed by atoms with E-state index in [1.807, 2.05) is 30.3 Å². The SMILES string of the molecule is O=C(NC(CCCO)c1ccccc1)C1SCCc2sccc21. The van der Waals surface area contributed by atoms with Crippen LogP contribution in [0, 0.1) is 0 Å². The molecule has 5 heteroatoms. The first-order valence-electron chi connectivity index (χ1n) is 7.93. The molecule has 2 aromatic rings. The van der Waals surface area contributed by atoms with Crippen molar-refractivity contribution in [2.24, 2.45) is 0 Å². The van der Waals surface area contributed by atoms with Gasteiger partial charge >= 0.3 is 0 Å². The molecule has 0 aliphatic carbocycles. The molecule has 122 valence electrons. The van der Waals surface area contributed by atoms with E-state index in [9.17, 15) is 4.79 Å². The number of rotatable bonds is 6. The molecule has 1 aromatic carbocycles. The van der Waals surface area contributed by atoms with Crippen molar-refractivity contribution in [2.45, 2.75) is 30.6 Å². The zero-order valence-corrected chi connectivity index (χ0v) is 14.5. The quantitative estimate of drug-likeness (QED) is 0.837. The summed E-state index contributed by atoms with van der Waals surface area (Å²) in [7, 11) is 0. The molecule has 23 heavy (non-hydrogen) atoms. The topological polar surface area (TPSA) is 49.3 Å². The smallest absolute Gasteiger partial charge is 0.238 e. The van der Waals surface area contributed by atoms with Gasteiger partial charge in [0.25, 0.3) is 0 Å². The third-order valence-corrected chi connectivity index (χ3v) is 6.32. The normalized spacial score (nSPS) is 18.2. The lowest BCUT2D eigenvalue weighted by Gasteiger charge is -2.25. The van der Waals surface area contributed by atoms with E-state index < -0.39 is 0 Å². The van der Waals surface area contributed by atoms with Gasteiger partial charge in [0, 0.05) is 11.5 Å². The second kappa shape index (κ2) is 7.99. The van der Waals surface area contributed by atoms with Crippen LogP contribution in [0.15, 0.2) is 41.8 Å². The Balaban J connectivity index is 1.74. The van der Waals surface area contributed by atoms with E-state index in [4.69, 9.17) is 5.11 Å². The minimum atomic E-state index is -0.106. The predicted molar refractivity (Wildman–Crippen MR) is 96.9 cm³/mol. The number of aryl methyl sites for hydroxylation is 1. The van der Waals surface area contributed by atoms with Crippen LogP contribution < -0.4 is 5.32 Å². The lowest BCUT2D eigenvalue weighted by molar-refractivity contribution is -0.121. The van der Waals surface area contributed by atoms with Gasteiger partial charge in [0.05, 0.1) is 6.04 Å². The number of carbonyl (C=O) groups is 1. The molecule has 2 N–H and O–H groups in total. The molecule has 3 rings (SSSR count). The molecule has 0 bridgehead atoms. The number of hydrogen-bond acceptors (Lipinski definition) is 4. The minimum Gasteiger partial charge on any atom is -0.396 e. The Hall–Kier alpha value is -1.30. The first kappa shape index (κ1) is 16.6. The fourth-order valence-electron chi connectivity index (χ4n) is 2.91. The van der Waals surface area contributed by atoms with E-state index in [0.717, 1.165) is 24.2 Å². The van der Waals surface area contributed by atoms with Gasteiger partial charge in [-0.1, -0.05) is 30.3 Å². The third kappa shape index (κ3) is 3.97. The number of benzene rings is 1. The molecule has 2 atom stereocenters. The van der Waals surface area contributed by atoms with E-state index in [-0.39, 0.29) is 23.8 Å². The molecular weight excluding hydrogens is 326 g/mol. The molecule has 0 spiro atoms. The fraction of sp³-hybridized carbons (Fsp3) is 0.389. The molecule has 2 unspecified atom stereocenters. The summed E-state index contributed by atoms with van der Waals surface area (Å²) in [6.45, 7) is 0.145. The van der Waals surface area contributed by atoms with Crippen LogP contribution in [0.3, 0.4) is 0 Å². The van der Waals surface area contributed by atoms with Gasteiger partial charge in [0.2, 0.25) is 5.91 Å². The van der Waals surface area contributed by atoms with Crippen LogP contribution in [0.4, 0.5) is 0 Å². The summed E-state index contributed by atoms with van der Waals surface area (Å²) in [5, 5.41) is 14.3. The van der Waals surface area contributed by atoms with Gasteiger partial charge in [0.15, 0.2) is 0 Å². The number of thiophene rings is 1. The minimum absolute atomic E-state index is 0.0412. The Kier molecular flexibility index (Phi) is 5.75. The molecule has 1 aliphatic rings. The van der Waals surface area contributed by atoms with E-state index in [1.54, 1.807) is 23.1 Å². The van der Waals surface area contributed by atoms with E-state index in [2.05, 4.69) is 16.8 Å². The number of carbonyl (C=O) groups excluding carboxylic acids is 1. The Morgan fingerprint density at radius 3 is 2.91 bits per heavy atom. The van der Waals surface area contributed by atoms with Crippen LogP contribution in [0.1, 0.15) is 40.1 Å². The van der Waals surface area contributed by atoms with Crippen molar-refractivity contribution in [3.8, 4) is 0 Å². The second-order valence-corrected chi connectivity index (χ2v) is 7.85. The molecule has 0 fully saturated rings. The number of amides is 1. The summed E-state index contributed by atoms with van der Waals surface area (Å²) in [6.07, 6.45) is 2.50. The van der Waals surface area contributed by atoms with E-state index in [0.29, 0.717) is 6.42 Å². The van der Waals surface area contributed by atoms with Gasteiger partial charge in [-0.05, 0) is 47.6 Å². The van der Waals surface area contributed by atoms with Crippen LogP contribution >= 0.6 is 23.1 Å². The number of hydrogen-bond donors (Lipinski definition) is 2. The van der Waals surface area contributed by atoms with Crippen LogP contribution in [-0.4, -0.2) is 23.4 Å². The van der Waals surface area contributed by atoms with Gasteiger partial charge in [-0.2, -0.15) is 0 Å². The van der Waals surface area contributed by atoms with Crippen molar-refractivity contribution in [3.63, 3.8) is 0 Å². The summed E-state index contributed by atoms with van der Waals surface area (Å²) in [4.78, 5) is 14.2. The van der Waals surface area contributed by atoms with Crippen molar-refractivity contribution in [2.75, 3.05) is 12.4 Å². The van der Waals surface area contributed by atoms with Gasteiger partial charge in [-0.15, -0.1) is 23.1 Å². The molecule has 3 nitrogen and oxygen atoms in total. The second-order valence-electron chi connectivity index (χ2n) is 5.64. The van der Waals surface area contributed by atoms with E-state index in [1.165, 1.54) is 10.4 Å². The monoisotopic (exact) mass is 347 g/mol. The average molecular weight is 348 g/mol. The van der Waals surface area contributed by atoms with E-state index >= 15 is 0 Å². The maximum atomic E-state index is 12.8. The summed E-state index contributed by atoms with van der Waals surface area (Å²) in [5.41, 5.74) is 2.28. The maximum absolute atomic E-state index is 12.8. The maximum Gasteiger partial charge on any atom is 0.238 e. The van der Waals surface area contributed by atoms with Crippen molar-refractivity contribution < 1.29 is 9.90 Å². The summed E-state index contributed by atoms with van der Waals surface area (Å²) >= 11 is 3.47. The van der Waals surface area contributed by atoms with Crippen LogP contribution in [0.5, 0.6) is 0 Å². The van der Waals surface area contributed by atoms with Gasteiger partial charge < -0.3 is 10.4 Å². The summed E-state index contributed by atoms with van der Waals surface area (Å²) < 4.78 is 0. The molecule has 0 radical (unpaired) electrons. The molecular formula is C18H21NO2S2. The molecule has 0 saturated heterocycles. The molecule has 1 amide bonds. The van der Waals surface area contributed by atoms with Crippen LogP contribution in [0.2, 0.25) is 0 Å². The van der Waals surface area contributed by atoms with Crippen molar-refractivity contribution in [1.82, 2.24) is 5.32 Å². The highest BCUT2D eigenvalue weighted by atomic mass is 32.2. The Bertz CT molecular complexity index is 641. The number of thioether (sulfide) groups is 1. The number of aliphatic hydroxyl groups is 1. The number of nitrogens with one attached hydrogen (secondary N) is 1. The number of aliphatic hydroxyl groups excluding tert-OH is 1. The van der Waals surface area contributed by atoms with Crippen molar-refractivity contribution in [3.05, 3.63) is 57.8 Å². The molecule has 0 saturated carbocycles. The molecule has 2 heterocycles. The lowest BCUT2D eigenvalue weighted by Crippen LogP contribution is -2.33. The highest BCUT2D eigenvalue weighted by Gasteiger charge is 2.29. The lowest BCUT2D eigenvalue weighted by atomic mass is 10.0. The van der Waals surface area contributed by atoms with Crippen LogP contribution in [0.25, 0.3) is 0 Å². The molecule has 1 aromatic heterocycles. The first-order chi connectivity index (χ1) is 11.3. The van der Waals surface area contributed by atoms with Gasteiger partial charge in [0.1, 0.15) is 5.25 Å². The average Bonchev–Trinajstić information content (AvgIpc) is 3.07. The highest BCUT2D eigenvalue weighted by Crippen LogP contribution is 2.39. The predicted octanol–water partition coefficient (Wildman–Crippen LogP) is 3.71. The Morgan fingerprint density at radius 1 is 1.30 bits per heavy atom. The fourth-order valence-corrected chi connectivity index (χ4v) is 5.22. The largest absolute Gasteiger partial charge is 0.396 e. The van der Waals surface area contributed by atoms with Crippen molar-refractivity contribution in [1.29, 1.82) is 0 Å². The third-order valence-electron chi connectivity index (χ3n) is 4.08. The first-order valence-corrected chi connectivity index (χ1v) is 9.86. The number of fused-ring (bicyclic) bond motifs is 1. The van der Waals surface area contributed by atoms with Crippen molar-refractivity contribution >= 4 is 29.0 Å². The summed E-state index contributed by atoms with van der Waals surface area (Å²) in [6, 6.07) is 12.1. The Labute approximate surface area is 145 Å². The highest BCUT2D eigenvalue weighted by molar-refractivity contribution is 8.00. The standard InChI is InChI=1S/C18H21NO2S2/c20-10-4-7-15(13-5-2-1-3-6-13)19-18(21)17-14-8-11-22-16(14)9-12-23-17/h1-3,5-6,8,11,15,17,20H,4,7,9-10,12H2,(H,19,21).